The Balaban J connectivity index is 1.99. The van der Waals surface area contributed by atoms with Crippen LogP contribution in [-0.4, -0.2) is 24.9 Å². The van der Waals surface area contributed by atoms with Crippen LogP contribution in [0.5, 0.6) is 0 Å². The molecule has 0 N–H and O–H groups in total. The van der Waals surface area contributed by atoms with Crippen molar-refractivity contribution in [2.45, 2.75) is 0 Å². The van der Waals surface area contributed by atoms with Crippen molar-refractivity contribution in [1.82, 2.24) is 4.90 Å². The van der Waals surface area contributed by atoms with Crippen molar-refractivity contribution < 1.29 is 9.21 Å². The van der Waals surface area contributed by atoms with Gasteiger partial charge in [-0.1, -0.05) is 35.9 Å². The van der Waals surface area contributed by atoms with Crippen LogP contribution in [0.2, 0.25) is 5.02 Å². The molecule has 0 bridgehead atoms. The maximum absolute atomic E-state index is 11.9. The first kappa shape index (κ1) is 13.7. The highest BCUT2D eigenvalue weighted by molar-refractivity contribution is 6.34. The summed E-state index contributed by atoms with van der Waals surface area (Å²) in [7, 11) is 3.47. The number of benzene rings is 2. The smallest absolute Gasteiger partial charge is 0.253 e. The Bertz CT molecular complexity index is 803. The summed E-state index contributed by atoms with van der Waals surface area (Å²) in [6.45, 7) is 0. The van der Waals surface area contributed by atoms with Gasteiger partial charge in [-0.15, -0.1) is 0 Å². The number of fused-ring (bicyclic) bond motifs is 1. The maximum Gasteiger partial charge on any atom is 0.253 e. The maximum atomic E-state index is 11.9. The molecule has 0 fully saturated rings. The van der Waals surface area contributed by atoms with E-state index in [9.17, 15) is 4.79 Å². The van der Waals surface area contributed by atoms with Crippen LogP contribution in [0.1, 0.15) is 10.4 Å². The van der Waals surface area contributed by atoms with Gasteiger partial charge in [-0.05, 0) is 24.3 Å². The van der Waals surface area contributed by atoms with E-state index in [4.69, 9.17) is 16.0 Å². The number of halogens is 1. The van der Waals surface area contributed by atoms with Crippen molar-refractivity contribution in [3.05, 3.63) is 59.1 Å². The molecule has 0 atom stereocenters. The minimum Gasteiger partial charge on any atom is -0.455 e. The topological polar surface area (TPSA) is 33.5 Å². The van der Waals surface area contributed by atoms with Crippen molar-refractivity contribution in [2.75, 3.05) is 14.1 Å². The van der Waals surface area contributed by atoms with Gasteiger partial charge in [0.1, 0.15) is 5.76 Å². The molecule has 0 saturated carbocycles. The van der Waals surface area contributed by atoms with Gasteiger partial charge in [0.25, 0.3) is 5.91 Å². The predicted molar refractivity (Wildman–Crippen MR) is 84.7 cm³/mol. The minimum atomic E-state index is -0.0193. The number of carbonyl (C=O) groups is 1. The number of hydrogen-bond acceptors (Lipinski definition) is 2. The standard InChI is InChI=1S/C17H14ClNO2/c1-19(2)17(20)12-8-6-11(7-9-12)15-10-13-4-3-5-14(18)16(13)21-15/h3-10H,1-2H3. The fourth-order valence-electron chi connectivity index (χ4n) is 2.21. The fourth-order valence-corrected chi connectivity index (χ4v) is 2.43. The highest BCUT2D eigenvalue weighted by Crippen LogP contribution is 2.32. The van der Waals surface area contributed by atoms with Crippen LogP contribution in [0.4, 0.5) is 0 Å². The van der Waals surface area contributed by atoms with Crippen molar-refractivity contribution >= 4 is 28.5 Å². The van der Waals surface area contributed by atoms with Crippen LogP contribution < -0.4 is 0 Å². The highest BCUT2D eigenvalue weighted by Gasteiger charge is 2.11. The molecule has 1 heterocycles. The first-order valence-electron chi connectivity index (χ1n) is 6.56. The second-order valence-corrected chi connectivity index (χ2v) is 5.45. The molecule has 1 aromatic heterocycles. The average molecular weight is 300 g/mol. The SMILES string of the molecule is CN(C)C(=O)c1ccc(-c2cc3cccc(Cl)c3o2)cc1. The fraction of sp³-hybridized carbons (Fsp3) is 0.118. The number of amides is 1. The van der Waals surface area contributed by atoms with Crippen molar-refractivity contribution in [1.29, 1.82) is 0 Å². The van der Waals surface area contributed by atoms with Gasteiger partial charge in [-0.3, -0.25) is 4.79 Å². The summed E-state index contributed by atoms with van der Waals surface area (Å²) in [4.78, 5) is 13.4. The van der Waals surface area contributed by atoms with Crippen molar-refractivity contribution in [3.63, 3.8) is 0 Å². The largest absolute Gasteiger partial charge is 0.455 e. The van der Waals surface area contributed by atoms with E-state index in [1.165, 1.54) is 0 Å². The van der Waals surface area contributed by atoms with E-state index in [0.717, 1.165) is 16.7 Å². The third-order valence-electron chi connectivity index (χ3n) is 3.32. The van der Waals surface area contributed by atoms with E-state index in [0.29, 0.717) is 16.2 Å². The van der Waals surface area contributed by atoms with Crippen LogP contribution in [0.3, 0.4) is 0 Å². The Morgan fingerprint density at radius 1 is 1.10 bits per heavy atom. The third-order valence-corrected chi connectivity index (χ3v) is 3.62. The molecule has 0 saturated heterocycles. The number of carbonyl (C=O) groups excluding carboxylic acids is 1. The van der Waals surface area contributed by atoms with Crippen LogP contribution in [-0.2, 0) is 0 Å². The zero-order valence-corrected chi connectivity index (χ0v) is 12.5. The van der Waals surface area contributed by atoms with E-state index in [1.807, 2.05) is 30.3 Å². The predicted octanol–water partition coefficient (Wildman–Crippen LogP) is 4.46. The summed E-state index contributed by atoms with van der Waals surface area (Å²) in [6, 6.07) is 14.9. The van der Waals surface area contributed by atoms with Crippen LogP contribution in [0, 0.1) is 0 Å². The van der Waals surface area contributed by atoms with Crippen molar-refractivity contribution in [3.8, 4) is 11.3 Å². The lowest BCUT2D eigenvalue weighted by atomic mass is 10.1. The number of furan rings is 1. The Morgan fingerprint density at radius 2 is 1.81 bits per heavy atom. The molecular formula is C17H14ClNO2. The lowest BCUT2D eigenvalue weighted by Gasteiger charge is -2.10. The molecule has 21 heavy (non-hydrogen) atoms. The molecule has 4 heteroatoms. The summed E-state index contributed by atoms with van der Waals surface area (Å²) in [5.41, 5.74) is 2.25. The minimum absolute atomic E-state index is 0.0193. The Labute approximate surface area is 127 Å². The van der Waals surface area contributed by atoms with E-state index in [2.05, 4.69) is 0 Å². The second-order valence-electron chi connectivity index (χ2n) is 5.05. The molecule has 3 aromatic rings. The first-order valence-corrected chi connectivity index (χ1v) is 6.94. The molecule has 0 aliphatic rings. The van der Waals surface area contributed by atoms with Crippen LogP contribution >= 0.6 is 11.6 Å². The molecule has 3 rings (SSSR count). The molecule has 3 nitrogen and oxygen atoms in total. The zero-order valence-electron chi connectivity index (χ0n) is 11.8. The van der Waals surface area contributed by atoms with Crippen LogP contribution in [0.15, 0.2) is 52.9 Å². The summed E-state index contributed by atoms with van der Waals surface area (Å²) >= 11 is 6.12. The molecule has 0 unspecified atom stereocenters. The van der Waals surface area contributed by atoms with E-state index >= 15 is 0 Å². The Kier molecular flexibility index (Phi) is 3.43. The molecule has 0 spiro atoms. The molecular weight excluding hydrogens is 286 g/mol. The number of rotatable bonds is 2. The summed E-state index contributed by atoms with van der Waals surface area (Å²) in [5, 5.41) is 1.56. The number of hydrogen-bond donors (Lipinski definition) is 0. The quantitative estimate of drug-likeness (QED) is 0.700. The number of nitrogens with zero attached hydrogens (tertiary/aromatic N) is 1. The third kappa shape index (κ3) is 2.52. The zero-order chi connectivity index (χ0) is 15.0. The van der Waals surface area contributed by atoms with Crippen LogP contribution in [0.25, 0.3) is 22.3 Å². The van der Waals surface area contributed by atoms with Gasteiger partial charge < -0.3 is 9.32 Å². The highest BCUT2D eigenvalue weighted by atomic mass is 35.5. The molecule has 2 aromatic carbocycles. The average Bonchev–Trinajstić information content (AvgIpc) is 2.92. The van der Waals surface area contributed by atoms with E-state index in [1.54, 1.807) is 37.2 Å². The molecule has 0 aliphatic heterocycles. The molecule has 106 valence electrons. The van der Waals surface area contributed by atoms with Gasteiger partial charge in [0, 0.05) is 30.6 Å². The number of para-hydroxylation sites is 1. The summed E-state index contributed by atoms with van der Waals surface area (Å²) in [5.74, 6) is 0.719. The van der Waals surface area contributed by atoms with Gasteiger partial charge in [0.2, 0.25) is 0 Å². The summed E-state index contributed by atoms with van der Waals surface area (Å²) < 4.78 is 5.81. The normalized spacial score (nSPS) is 10.8. The van der Waals surface area contributed by atoms with Gasteiger partial charge in [-0.2, -0.15) is 0 Å². The molecule has 1 amide bonds. The van der Waals surface area contributed by atoms with Gasteiger partial charge in [0.05, 0.1) is 5.02 Å². The van der Waals surface area contributed by atoms with E-state index < -0.39 is 0 Å². The van der Waals surface area contributed by atoms with Gasteiger partial charge in [-0.25, -0.2) is 0 Å². The monoisotopic (exact) mass is 299 g/mol. The van der Waals surface area contributed by atoms with Gasteiger partial charge >= 0.3 is 0 Å². The van der Waals surface area contributed by atoms with Gasteiger partial charge in [0.15, 0.2) is 5.58 Å². The lowest BCUT2D eigenvalue weighted by molar-refractivity contribution is 0.0827. The molecule has 0 radical (unpaired) electrons. The lowest BCUT2D eigenvalue weighted by Crippen LogP contribution is -2.21. The first-order chi connectivity index (χ1) is 10.1. The van der Waals surface area contributed by atoms with Crippen molar-refractivity contribution in [2.24, 2.45) is 0 Å². The molecule has 0 aliphatic carbocycles. The second kappa shape index (κ2) is 5.26. The Morgan fingerprint density at radius 3 is 2.43 bits per heavy atom. The Hall–Kier alpha value is -2.26. The summed E-state index contributed by atoms with van der Waals surface area (Å²) in [6.07, 6.45) is 0. The van der Waals surface area contributed by atoms with E-state index in [-0.39, 0.29) is 5.91 Å².